The van der Waals surface area contributed by atoms with Gasteiger partial charge in [0.1, 0.15) is 28.4 Å². The molecular weight excluding hydrogens is 627 g/mol. The van der Waals surface area contributed by atoms with Crippen molar-refractivity contribution in [2.24, 2.45) is 0 Å². The van der Waals surface area contributed by atoms with Crippen LogP contribution in [0.5, 0.6) is 11.5 Å². The number of ether oxygens (including phenoxy) is 1. The minimum absolute atomic E-state index is 0.736. The van der Waals surface area contributed by atoms with Crippen LogP contribution in [0.2, 0.25) is 0 Å². The van der Waals surface area contributed by atoms with Crippen molar-refractivity contribution in [1.82, 2.24) is 23.8 Å². The summed E-state index contributed by atoms with van der Waals surface area (Å²) in [4.78, 5) is 15.2. The van der Waals surface area contributed by atoms with Crippen molar-refractivity contribution in [2.45, 2.75) is 27.7 Å². The third-order valence-electron chi connectivity index (χ3n) is 10.4. The summed E-state index contributed by atoms with van der Waals surface area (Å²) in [6.45, 7) is 8.63. The molecule has 10 aromatic rings. The highest BCUT2D eigenvalue weighted by Crippen LogP contribution is 2.39. The number of para-hydroxylation sites is 1. The number of fused-ring (bicyclic) bond motifs is 12. The molecule has 51 heavy (non-hydrogen) atoms. The maximum Gasteiger partial charge on any atom is 0.147 e. The Morgan fingerprint density at radius 1 is 0.510 bits per heavy atom. The van der Waals surface area contributed by atoms with Gasteiger partial charge in [-0.15, -0.1) is 0 Å². The lowest BCUT2D eigenvalue weighted by Crippen LogP contribution is -2.00. The molecule has 6 heteroatoms. The van der Waals surface area contributed by atoms with Gasteiger partial charge in [0.05, 0.1) is 23.1 Å². The second kappa shape index (κ2) is 11.0. The highest BCUT2D eigenvalue weighted by molar-refractivity contribution is 6.13. The Balaban J connectivity index is 1.19. The van der Waals surface area contributed by atoms with Crippen molar-refractivity contribution in [3.63, 3.8) is 0 Å². The molecule has 0 unspecified atom stereocenters. The van der Waals surface area contributed by atoms with Crippen molar-refractivity contribution in [3.8, 4) is 34.0 Å². The molecule has 0 spiro atoms. The summed E-state index contributed by atoms with van der Waals surface area (Å²) in [6.07, 6.45) is 5.86. The molecule has 6 nitrogen and oxygen atoms in total. The van der Waals surface area contributed by atoms with Gasteiger partial charge in [0.25, 0.3) is 0 Å². The van der Waals surface area contributed by atoms with E-state index in [-0.39, 0.29) is 0 Å². The summed E-state index contributed by atoms with van der Waals surface area (Å²) in [5, 5.41) is 6.51. The fraction of sp³-hybridized carbons (Fsp3) is 0.0889. The van der Waals surface area contributed by atoms with E-state index in [1.807, 2.05) is 30.7 Å². The van der Waals surface area contributed by atoms with Crippen molar-refractivity contribution >= 4 is 54.8 Å². The minimum Gasteiger partial charge on any atom is -0.457 e. The van der Waals surface area contributed by atoms with Gasteiger partial charge in [-0.25, -0.2) is 15.0 Å². The molecule has 0 saturated heterocycles. The van der Waals surface area contributed by atoms with Gasteiger partial charge in [-0.05, 0) is 115 Å². The molecule has 0 N–H and O–H groups in total. The summed E-state index contributed by atoms with van der Waals surface area (Å²) < 4.78 is 11.0. The van der Waals surface area contributed by atoms with Crippen LogP contribution in [0.15, 0.2) is 128 Å². The molecule has 5 aromatic heterocycles. The molecule has 0 aliphatic carbocycles. The van der Waals surface area contributed by atoms with E-state index < -0.39 is 0 Å². The van der Waals surface area contributed by atoms with Crippen LogP contribution in [0.3, 0.4) is 0 Å². The molecule has 5 aromatic carbocycles. The van der Waals surface area contributed by atoms with Crippen molar-refractivity contribution in [2.75, 3.05) is 0 Å². The third-order valence-corrected chi connectivity index (χ3v) is 10.4. The van der Waals surface area contributed by atoms with Crippen molar-refractivity contribution < 1.29 is 4.74 Å². The monoisotopic (exact) mass is 659 g/mol. The molecular formula is C45H33N5O. The van der Waals surface area contributed by atoms with E-state index in [1.165, 1.54) is 38.8 Å². The van der Waals surface area contributed by atoms with Gasteiger partial charge in [-0.3, -0.25) is 8.80 Å². The summed E-state index contributed by atoms with van der Waals surface area (Å²) in [7, 11) is 0. The minimum atomic E-state index is 0.736. The van der Waals surface area contributed by atoms with Gasteiger partial charge in [0, 0.05) is 45.1 Å². The van der Waals surface area contributed by atoms with E-state index in [9.17, 15) is 0 Å². The summed E-state index contributed by atoms with van der Waals surface area (Å²) in [6, 6.07) is 38.2. The average Bonchev–Trinajstić information content (AvgIpc) is 3.81. The summed E-state index contributed by atoms with van der Waals surface area (Å²) in [5.74, 6) is 1.48. The first-order valence-corrected chi connectivity index (χ1v) is 17.3. The van der Waals surface area contributed by atoms with Crippen LogP contribution < -0.4 is 4.74 Å². The Labute approximate surface area is 294 Å². The van der Waals surface area contributed by atoms with Crippen molar-refractivity contribution in [3.05, 3.63) is 150 Å². The van der Waals surface area contributed by atoms with E-state index in [2.05, 4.69) is 134 Å². The van der Waals surface area contributed by atoms with Gasteiger partial charge in [0.2, 0.25) is 0 Å². The topological polar surface area (TPSA) is 56.7 Å². The Hall–Kier alpha value is -6.53. The smallest absolute Gasteiger partial charge is 0.147 e. The Morgan fingerprint density at radius 3 is 1.86 bits per heavy atom. The molecule has 0 amide bonds. The second-order valence-corrected chi connectivity index (χ2v) is 13.6. The lowest BCUT2D eigenvalue weighted by atomic mass is 9.98. The quantitative estimate of drug-likeness (QED) is 0.176. The van der Waals surface area contributed by atoms with Gasteiger partial charge in [0.15, 0.2) is 0 Å². The molecule has 0 aliphatic rings. The van der Waals surface area contributed by atoms with Crippen LogP contribution in [0.25, 0.3) is 77.3 Å². The average molecular weight is 660 g/mol. The molecule has 5 heterocycles. The molecule has 0 saturated carbocycles. The molecule has 0 atom stereocenters. The van der Waals surface area contributed by atoms with E-state index in [1.54, 1.807) is 0 Å². The first-order chi connectivity index (χ1) is 24.9. The van der Waals surface area contributed by atoms with Gasteiger partial charge in [-0.2, -0.15) is 0 Å². The normalized spacial score (nSPS) is 11.9. The van der Waals surface area contributed by atoms with Crippen molar-refractivity contribution in [1.29, 1.82) is 0 Å². The van der Waals surface area contributed by atoms with Crippen LogP contribution >= 0.6 is 0 Å². The molecule has 0 fully saturated rings. The van der Waals surface area contributed by atoms with E-state index in [4.69, 9.17) is 19.7 Å². The van der Waals surface area contributed by atoms with Crippen LogP contribution in [0.4, 0.5) is 0 Å². The Morgan fingerprint density at radius 2 is 1.14 bits per heavy atom. The lowest BCUT2D eigenvalue weighted by molar-refractivity contribution is 0.484. The van der Waals surface area contributed by atoms with Gasteiger partial charge < -0.3 is 4.74 Å². The Kier molecular flexibility index (Phi) is 6.33. The SMILES string of the molecule is Cc1cccc(C)c1-c1ccc2c3ccc(Oc4ccc5c6ccccc6n6ccnc6c5c4)cc3c3ncc(-c4c(C)cccc4C)n3c2n1. The van der Waals surface area contributed by atoms with Gasteiger partial charge >= 0.3 is 0 Å². The number of aryl methyl sites for hydroxylation is 4. The number of nitrogens with zero attached hydrogens (tertiary/aromatic N) is 5. The molecule has 10 rings (SSSR count). The maximum absolute atomic E-state index is 6.64. The summed E-state index contributed by atoms with van der Waals surface area (Å²) >= 11 is 0. The van der Waals surface area contributed by atoms with Crippen LogP contribution in [-0.2, 0) is 0 Å². The molecule has 0 bridgehead atoms. The molecule has 0 radical (unpaired) electrons. The fourth-order valence-electron chi connectivity index (χ4n) is 8.10. The highest BCUT2D eigenvalue weighted by Gasteiger charge is 2.20. The number of aromatic nitrogens is 5. The van der Waals surface area contributed by atoms with E-state index in [0.717, 1.165) is 72.3 Å². The number of benzene rings is 5. The van der Waals surface area contributed by atoms with Gasteiger partial charge in [-0.1, -0.05) is 54.6 Å². The number of hydrogen-bond acceptors (Lipinski definition) is 4. The second-order valence-electron chi connectivity index (χ2n) is 13.6. The zero-order valence-electron chi connectivity index (χ0n) is 28.8. The van der Waals surface area contributed by atoms with E-state index in [0.29, 0.717) is 0 Å². The van der Waals surface area contributed by atoms with Crippen LogP contribution in [0, 0.1) is 27.7 Å². The first kappa shape index (κ1) is 29.4. The van der Waals surface area contributed by atoms with E-state index >= 15 is 0 Å². The fourth-order valence-corrected chi connectivity index (χ4v) is 8.10. The van der Waals surface area contributed by atoms with Crippen LogP contribution in [-0.4, -0.2) is 23.8 Å². The lowest BCUT2D eigenvalue weighted by Gasteiger charge is -2.16. The zero-order valence-corrected chi connectivity index (χ0v) is 28.8. The molecule has 244 valence electrons. The number of rotatable bonds is 4. The summed E-state index contributed by atoms with van der Waals surface area (Å²) in [5.41, 5.74) is 12.9. The number of imidazole rings is 2. The largest absolute Gasteiger partial charge is 0.457 e. The number of pyridine rings is 3. The maximum atomic E-state index is 6.64. The predicted molar refractivity (Wildman–Crippen MR) is 208 cm³/mol. The molecule has 0 aliphatic heterocycles. The standard InChI is InChI=1S/C45H33N5O/c1-26-9-7-10-27(2)41(26)38-20-19-35-33-18-16-31(24-37(33)44-47-25-40(50(44)45(35)48-38)42-28(3)11-8-12-29(42)4)51-30-15-17-32-34-13-5-6-14-39(34)49-22-21-46-43(49)36(32)23-30/h5-25H,1-4H3. The predicted octanol–water partition coefficient (Wildman–Crippen LogP) is 11.3. The first-order valence-electron chi connectivity index (χ1n) is 17.3. The van der Waals surface area contributed by atoms with Crippen LogP contribution in [0.1, 0.15) is 22.3 Å². The number of hydrogen-bond donors (Lipinski definition) is 0. The third kappa shape index (κ3) is 4.39. The highest BCUT2D eigenvalue weighted by atomic mass is 16.5. The Bertz CT molecular complexity index is 3020. The zero-order chi connectivity index (χ0) is 34.4.